The van der Waals surface area contributed by atoms with Crippen molar-refractivity contribution in [3.05, 3.63) is 23.3 Å². The molecule has 0 atom stereocenters. The van der Waals surface area contributed by atoms with Gasteiger partial charge in [0.2, 0.25) is 0 Å². The predicted molar refractivity (Wildman–Crippen MR) is 49.1 cm³/mol. The average molecular weight is 196 g/mol. The summed E-state index contributed by atoms with van der Waals surface area (Å²) in [5.41, 5.74) is 0.590. The molecule has 0 aliphatic heterocycles. The molecule has 0 aromatic carbocycles. The molecule has 0 spiro atoms. The van der Waals surface area contributed by atoms with Crippen molar-refractivity contribution < 1.29 is 14.6 Å². The summed E-state index contributed by atoms with van der Waals surface area (Å²) in [6, 6.07) is 0. The highest BCUT2D eigenvalue weighted by atomic mass is 16.5. The van der Waals surface area contributed by atoms with Crippen LogP contribution in [0.3, 0.4) is 0 Å². The van der Waals surface area contributed by atoms with Crippen LogP contribution in [0.15, 0.2) is 6.20 Å². The van der Waals surface area contributed by atoms with Gasteiger partial charge in [-0.25, -0.2) is 14.8 Å². The number of nitrogens with zero attached hydrogens (tertiary/aromatic N) is 2. The van der Waals surface area contributed by atoms with Gasteiger partial charge in [-0.05, 0) is 13.8 Å². The Morgan fingerprint density at radius 3 is 2.86 bits per heavy atom. The Balaban J connectivity index is 2.83. The highest BCUT2D eigenvalue weighted by Crippen LogP contribution is 2.04. The van der Waals surface area contributed by atoms with E-state index in [1.165, 1.54) is 6.20 Å². The molecule has 0 bridgehead atoms. The van der Waals surface area contributed by atoms with Crippen molar-refractivity contribution in [1.29, 1.82) is 0 Å². The molecule has 1 heterocycles. The van der Waals surface area contributed by atoms with Gasteiger partial charge in [0.15, 0.2) is 5.82 Å². The van der Waals surface area contributed by atoms with Gasteiger partial charge in [-0.3, -0.25) is 0 Å². The summed E-state index contributed by atoms with van der Waals surface area (Å²) in [7, 11) is 0. The molecule has 0 aliphatic rings. The minimum absolute atomic E-state index is 0.130. The number of hydrogen-bond acceptors (Lipinski definition) is 4. The molecule has 76 valence electrons. The van der Waals surface area contributed by atoms with Crippen LogP contribution in [0.5, 0.6) is 0 Å². The first kappa shape index (κ1) is 10.6. The number of aromatic nitrogens is 2. The summed E-state index contributed by atoms with van der Waals surface area (Å²) in [5.74, 6) is -0.500. The van der Waals surface area contributed by atoms with E-state index in [1.807, 2.05) is 6.92 Å². The zero-order valence-corrected chi connectivity index (χ0v) is 8.15. The first-order chi connectivity index (χ1) is 6.65. The summed E-state index contributed by atoms with van der Waals surface area (Å²) < 4.78 is 5.10. The summed E-state index contributed by atoms with van der Waals surface area (Å²) in [6.45, 7) is 4.42. The number of carbonyl (C=O) groups is 1. The maximum Gasteiger partial charge on any atom is 0.339 e. The SMILES string of the molecule is CCOCc1ncc(C(=O)O)c(C)n1. The van der Waals surface area contributed by atoms with Crippen LogP contribution in [0.25, 0.3) is 0 Å². The fraction of sp³-hybridized carbons (Fsp3) is 0.444. The second-order valence-electron chi connectivity index (χ2n) is 2.73. The van der Waals surface area contributed by atoms with E-state index in [4.69, 9.17) is 9.84 Å². The number of carboxylic acids is 1. The lowest BCUT2D eigenvalue weighted by atomic mass is 10.2. The quantitative estimate of drug-likeness (QED) is 0.778. The molecule has 0 fully saturated rings. The van der Waals surface area contributed by atoms with Crippen LogP contribution < -0.4 is 0 Å². The maximum absolute atomic E-state index is 10.6. The van der Waals surface area contributed by atoms with Gasteiger partial charge >= 0.3 is 5.97 Å². The van der Waals surface area contributed by atoms with Gasteiger partial charge < -0.3 is 9.84 Å². The molecular formula is C9H12N2O3. The third kappa shape index (κ3) is 2.50. The van der Waals surface area contributed by atoms with Crippen LogP contribution in [0.1, 0.15) is 28.8 Å². The number of aromatic carboxylic acids is 1. The highest BCUT2D eigenvalue weighted by Gasteiger charge is 2.09. The van der Waals surface area contributed by atoms with Crippen molar-refractivity contribution >= 4 is 5.97 Å². The van der Waals surface area contributed by atoms with Crippen LogP contribution in [-0.4, -0.2) is 27.7 Å². The fourth-order valence-corrected chi connectivity index (χ4v) is 0.988. The molecule has 0 saturated heterocycles. The monoisotopic (exact) mass is 196 g/mol. The molecule has 14 heavy (non-hydrogen) atoms. The molecule has 5 nitrogen and oxygen atoms in total. The molecule has 0 aliphatic carbocycles. The van der Waals surface area contributed by atoms with Crippen LogP contribution in [0.2, 0.25) is 0 Å². The van der Waals surface area contributed by atoms with Gasteiger partial charge in [-0.2, -0.15) is 0 Å². The molecule has 1 aromatic heterocycles. The van der Waals surface area contributed by atoms with Gasteiger partial charge in [0, 0.05) is 12.8 Å². The van der Waals surface area contributed by atoms with E-state index in [0.717, 1.165) is 0 Å². The summed E-state index contributed by atoms with van der Waals surface area (Å²) in [4.78, 5) is 18.5. The average Bonchev–Trinajstić information content (AvgIpc) is 2.14. The Hall–Kier alpha value is -1.49. The highest BCUT2D eigenvalue weighted by molar-refractivity contribution is 5.88. The van der Waals surface area contributed by atoms with E-state index in [-0.39, 0.29) is 5.56 Å². The van der Waals surface area contributed by atoms with Gasteiger partial charge in [-0.15, -0.1) is 0 Å². The first-order valence-corrected chi connectivity index (χ1v) is 4.28. The molecule has 1 N–H and O–H groups in total. The van der Waals surface area contributed by atoms with E-state index in [0.29, 0.717) is 24.7 Å². The zero-order chi connectivity index (χ0) is 10.6. The number of ether oxygens (including phenoxy) is 1. The number of hydrogen-bond donors (Lipinski definition) is 1. The Labute approximate surface area is 81.8 Å². The predicted octanol–water partition coefficient (Wildman–Crippen LogP) is 1.02. The van der Waals surface area contributed by atoms with E-state index in [1.54, 1.807) is 6.92 Å². The second-order valence-corrected chi connectivity index (χ2v) is 2.73. The van der Waals surface area contributed by atoms with Crippen molar-refractivity contribution in [2.45, 2.75) is 20.5 Å². The maximum atomic E-state index is 10.6. The molecule has 0 unspecified atom stereocenters. The number of rotatable bonds is 4. The van der Waals surface area contributed by atoms with Crippen molar-refractivity contribution in [2.75, 3.05) is 6.61 Å². The lowest BCUT2D eigenvalue weighted by Gasteiger charge is -2.03. The van der Waals surface area contributed by atoms with E-state index in [2.05, 4.69) is 9.97 Å². The second kappa shape index (κ2) is 4.66. The van der Waals surface area contributed by atoms with Crippen molar-refractivity contribution in [1.82, 2.24) is 9.97 Å². The third-order valence-corrected chi connectivity index (χ3v) is 1.69. The van der Waals surface area contributed by atoms with Crippen molar-refractivity contribution in [2.24, 2.45) is 0 Å². The smallest absolute Gasteiger partial charge is 0.339 e. The largest absolute Gasteiger partial charge is 0.478 e. The van der Waals surface area contributed by atoms with Gasteiger partial charge in [0.25, 0.3) is 0 Å². The lowest BCUT2D eigenvalue weighted by Crippen LogP contribution is -2.07. The Kier molecular flexibility index (Phi) is 3.53. The van der Waals surface area contributed by atoms with Crippen LogP contribution >= 0.6 is 0 Å². The fourth-order valence-electron chi connectivity index (χ4n) is 0.988. The van der Waals surface area contributed by atoms with Crippen LogP contribution in [0, 0.1) is 6.92 Å². The van der Waals surface area contributed by atoms with Gasteiger partial charge in [0.1, 0.15) is 6.61 Å². The van der Waals surface area contributed by atoms with E-state index >= 15 is 0 Å². The van der Waals surface area contributed by atoms with Gasteiger partial charge in [-0.1, -0.05) is 0 Å². The standard InChI is InChI=1S/C9H12N2O3/c1-3-14-5-8-10-4-7(9(12)13)6(2)11-8/h4H,3,5H2,1-2H3,(H,12,13). The summed E-state index contributed by atoms with van der Waals surface area (Å²) >= 11 is 0. The number of aryl methyl sites for hydroxylation is 1. The molecule has 1 rings (SSSR count). The summed E-state index contributed by atoms with van der Waals surface area (Å²) in [5, 5.41) is 8.72. The number of carboxylic acid groups (broad SMARTS) is 1. The van der Waals surface area contributed by atoms with Gasteiger partial charge in [0.05, 0.1) is 11.3 Å². The Bertz CT molecular complexity index is 339. The molecule has 0 saturated carbocycles. The molecular weight excluding hydrogens is 184 g/mol. The zero-order valence-electron chi connectivity index (χ0n) is 8.15. The van der Waals surface area contributed by atoms with Crippen molar-refractivity contribution in [3.63, 3.8) is 0 Å². The molecule has 0 radical (unpaired) electrons. The molecule has 1 aromatic rings. The summed E-state index contributed by atoms with van der Waals surface area (Å²) in [6.07, 6.45) is 1.30. The minimum Gasteiger partial charge on any atom is -0.478 e. The normalized spacial score (nSPS) is 10.1. The minimum atomic E-state index is -1.01. The lowest BCUT2D eigenvalue weighted by molar-refractivity contribution is 0.0694. The molecule has 5 heteroatoms. The Morgan fingerprint density at radius 2 is 2.36 bits per heavy atom. The van der Waals surface area contributed by atoms with Crippen molar-refractivity contribution in [3.8, 4) is 0 Å². The van der Waals surface area contributed by atoms with E-state index < -0.39 is 5.97 Å². The Morgan fingerprint density at radius 1 is 1.64 bits per heavy atom. The van der Waals surface area contributed by atoms with Crippen LogP contribution in [-0.2, 0) is 11.3 Å². The van der Waals surface area contributed by atoms with E-state index in [9.17, 15) is 4.79 Å². The first-order valence-electron chi connectivity index (χ1n) is 4.28. The van der Waals surface area contributed by atoms with Crippen LogP contribution in [0.4, 0.5) is 0 Å². The third-order valence-electron chi connectivity index (χ3n) is 1.69. The molecule has 0 amide bonds. The topological polar surface area (TPSA) is 72.3 Å².